The summed E-state index contributed by atoms with van der Waals surface area (Å²) in [6.45, 7) is 2.95. The summed E-state index contributed by atoms with van der Waals surface area (Å²) in [4.78, 5) is 29.7. The largest absolute Gasteiger partial charge is 0.454 e. The van der Waals surface area contributed by atoms with E-state index < -0.39 is 11.5 Å². The molecular formula is C21H22N4O5. The summed E-state index contributed by atoms with van der Waals surface area (Å²) in [5.41, 5.74) is 1.98. The number of amides is 1. The number of hydrogen-bond donors (Lipinski definition) is 2. The summed E-state index contributed by atoms with van der Waals surface area (Å²) in [7, 11) is 1.92. The van der Waals surface area contributed by atoms with Crippen LogP contribution in [-0.4, -0.2) is 34.8 Å². The topological polar surface area (TPSA) is 110 Å². The van der Waals surface area contributed by atoms with Crippen LogP contribution in [0, 0.1) is 0 Å². The summed E-state index contributed by atoms with van der Waals surface area (Å²) >= 11 is 0. The molecule has 2 aromatic heterocycles. The number of carbonyl (C=O) groups excluding carboxylic acids is 1. The Morgan fingerprint density at radius 2 is 2.07 bits per heavy atom. The second-order valence-electron chi connectivity index (χ2n) is 7.11. The van der Waals surface area contributed by atoms with Crippen molar-refractivity contribution in [2.75, 3.05) is 13.8 Å². The van der Waals surface area contributed by atoms with E-state index in [9.17, 15) is 9.59 Å². The van der Waals surface area contributed by atoms with Crippen LogP contribution in [0.15, 0.2) is 52.0 Å². The summed E-state index contributed by atoms with van der Waals surface area (Å²) in [6, 6.07) is 10.5. The highest BCUT2D eigenvalue weighted by Crippen LogP contribution is 2.32. The van der Waals surface area contributed by atoms with Gasteiger partial charge in [0.1, 0.15) is 17.5 Å². The van der Waals surface area contributed by atoms with Crippen molar-refractivity contribution >= 4 is 5.91 Å². The molecule has 0 aliphatic carbocycles. The van der Waals surface area contributed by atoms with E-state index >= 15 is 0 Å². The number of rotatable bonds is 7. The van der Waals surface area contributed by atoms with Crippen molar-refractivity contribution in [3.8, 4) is 11.5 Å². The van der Waals surface area contributed by atoms with E-state index in [0.717, 1.165) is 11.3 Å². The van der Waals surface area contributed by atoms with Crippen LogP contribution in [0.2, 0.25) is 0 Å². The van der Waals surface area contributed by atoms with Gasteiger partial charge in [0.15, 0.2) is 11.5 Å². The van der Waals surface area contributed by atoms with Crippen LogP contribution in [0.1, 0.15) is 40.3 Å². The third-order valence-electron chi connectivity index (χ3n) is 5.07. The van der Waals surface area contributed by atoms with Crippen molar-refractivity contribution in [1.82, 2.24) is 20.4 Å². The number of ether oxygens (including phenoxy) is 2. The van der Waals surface area contributed by atoms with Gasteiger partial charge in [0.25, 0.3) is 11.5 Å². The van der Waals surface area contributed by atoms with Crippen molar-refractivity contribution in [3.63, 3.8) is 0 Å². The summed E-state index contributed by atoms with van der Waals surface area (Å²) in [6.07, 6.45) is 1.53. The van der Waals surface area contributed by atoms with Gasteiger partial charge in [-0.25, -0.2) is 0 Å². The first-order valence-electron chi connectivity index (χ1n) is 9.50. The van der Waals surface area contributed by atoms with Gasteiger partial charge in [0, 0.05) is 24.8 Å². The molecule has 3 heterocycles. The predicted molar refractivity (Wildman–Crippen MR) is 107 cm³/mol. The highest BCUT2D eigenvalue weighted by atomic mass is 16.7. The number of pyridine rings is 1. The molecule has 2 N–H and O–H groups in total. The number of aromatic amines is 1. The van der Waals surface area contributed by atoms with Gasteiger partial charge in [-0.15, -0.1) is 0 Å². The molecular weight excluding hydrogens is 388 g/mol. The van der Waals surface area contributed by atoms with Crippen LogP contribution in [0.5, 0.6) is 11.5 Å². The smallest absolute Gasteiger partial charge is 0.261 e. The van der Waals surface area contributed by atoms with E-state index in [4.69, 9.17) is 14.0 Å². The van der Waals surface area contributed by atoms with Crippen LogP contribution >= 0.6 is 0 Å². The number of nitrogens with one attached hydrogen (secondary N) is 2. The fourth-order valence-electron chi connectivity index (χ4n) is 3.18. The van der Waals surface area contributed by atoms with Crippen LogP contribution in [0.3, 0.4) is 0 Å². The van der Waals surface area contributed by atoms with Crippen LogP contribution in [0.4, 0.5) is 0 Å². The number of carbonyl (C=O) groups is 1. The monoisotopic (exact) mass is 410 g/mol. The van der Waals surface area contributed by atoms with Gasteiger partial charge in [0.05, 0.1) is 6.04 Å². The van der Waals surface area contributed by atoms with Gasteiger partial charge >= 0.3 is 0 Å². The molecule has 0 spiro atoms. The van der Waals surface area contributed by atoms with Crippen molar-refractivity contribution in [3.05, 3.63) is 75.5 Å². The lowest BCUT2D eigenvalue weighted by Crippen LogP contribution is -2.30. The molecule has 0 bridgehead atoms. The minimum atomic E-state index is -0.440. The van der Waals surface area contributed by atoms with E-state index in [0.29, 0.717) is 23.7 Å². The minimum Gasteiger partial charge on any atom is -0.454 e. The minimum absolute atomic E-state index is 0.0110. The van der Waals surface area contributed by atoms with E-state index in [1.165, 1.54) is 12.3 Å². The second kappa shape index (κ2) is 8.42. The molecule has 0 saturated heterocycles. The number of H-pyrrole nitrogens is 1. The average molecular weight is 410 g/mol. The van der Waals surface area contributed by atoms with Crippen LogP contribution in [0.25, 0.3) is 0 Å². The first-order chi connectivity index (χ1) is 14.5. The lowest BCUT2D eigenvalue weighted by molar-refractivity contribution is 0.0949. The van der Waals surface area contributed by atoms with Crippen molar-refractivity contribution in [2.45, 2.75) is 26.1 Å². The summed E-state index contributed by atoms with van der Waals surface area (Å²) in [5, 5.41) is 6.70. The normalized spacial score (nSPS) is 13.4. The molecule has 0 unspecified atom stereocenters. The maximum absolute atomic E-state index is 12.5. The zero-order valence-electron chi connectivity index (χ0n) is 16.7. The summed E-state index contributed by atoms with van der Waals surface area (Å²) in [5.74, 6) is 0.887. The van der Waals surface area contributed by atoms with Crippen LogP contribution in [-0.2, 0) is 13.1 Å². The fourth-order valence-corrected chi connectivity index (χ4v) is 3.18. The molecule has 4 rings (SSSR count). The fraction of sp³-hybridized carbons (Fsp3) is 0.286. The van der Waals surface area contributed by atoms with Gasteiger partial charge in [0.2, 0.25) is 6.79 Å². The van der Waals surface area contributed by atoms with Gasteiger partial charge < -0.3 is 24.3 Å². The van der Waals surface area contributed by atoms with Gasteiger partial charge in [-0.05, 0) is 43.8 Å². The molecule has 1 aliphatic heterocycles. The average Bonchev–Trinajstić information content (AvgIpc) is 3.43. The quantitative estimate of drug-likeness (QED) is 0.615. The second-order valence-corrected chi connectivity index (χ2v) is 7.11. The molecule has 0 radical (unpaired) electrons. The Kier molecular flexibility index (Phi) is 5.53. The standard InChI is InChI=1S/C21H22N4O5/c1-13(17-7-8-30-24-17)25(2)11-15-4-5-16(21(27)23-15)20(26)22-10-14-3-6-18-19(9-14)29-12-28-18/h3-9,13H,10-12H2,1-2H3,(H,22,26)(H,23,27)/t13-/m1/s1. The van der Waals surface area contributed by atoms with E-state index in [2.05, 4.69) is 15.5 Å². The SMILES string of the molecule is C[C@H](c1ccon1)N(C)Cc1ccc(C(=O)NCc2ccc3c(c2)OCO3)c(=O)[nH]1. The number of benzene rings is 1. The van der Waals surface area contributed by atoms with E-state index in [1.54, 1.807) is 18.2 Å². The molecule has 1 aliphatic rings. The number of fused-ring (bicyclic) bond motifs is 1. The molecule has 9 heteroatoms. The molecule has 0 fully saturated rings. The van der Waals surface area contributed by atoms with Crippen molar-refractivity contribution < 1.29 is 18.8 Å². The zero-order chi connectivity index (χ0) is 21.1. The number of aromatic nitrogens is 2. The van der Waals surface area contributed by atoms with Gasteiger partial charge in [-0.1, -0.05) is 11.2 Å². The molecule has 1 atom stereocenters. The highest BCUT2D eigenvalue weighted by Gasteiger charge is 2.17. The predicted octanol–water partition coefficient (Wildman–Crippen LogP) is 2.21. The lowest BCUT2D eigenvalue weighted by Gasteiger charge is -2.22. The molecule has 156 valence electrons. The van der Waals surface area contributed by atoms with E-state index in [-0.39, 0.29) is 24.9 Å². The van der Waals surface area contributed by atoms with Crippen molar-refractivity contribution in [2.24, 2.45) is 0 Å². The molecule has 3 aromatic rings. The number of nitrogens with zero attached hydrogens (tertiary/aromatic N) is 2. The Balaban J connectivity index is 1.37. The summed E-state index contributed by atoms with van der Waals surface area (Å²) < 4.78 is 15.5. The Morgan fingerprint density at radius 1 is 1.23 bits per heavy atom. The van der Waals surface area contributed by atoms with E-state index in [1.807, 2.05) is 31.0 Å². The lowest BCUT2D eigenvalue weighted by atomic mass is 10.1. The third-order valence-corrected chi connectivity index (χ3v) is 5.07. The molecule has 30 heavy (non-hydrogen) atoms. The first kappa shape index (κ1) is 19.7. The Bertz CT molecular complexity index is 1090. The first-order valence-corrected chi connectivity index (χ1v) is 9.50. The molecule has 0 saturated carbocycles. The Hall–Kier alpha value is -3.59. The number of hydrogen-bond acceptors (Lipinski definition) is 7. The maximum atomic E-state index is 12.5. The molecule has 1 amide bonds. The molecule has 1 aromatic carbocycles. The Labute approximate surface area is 172 Å². The van der Waals surface area contributed by atoms with Gasteiger partial charge in [-0.2, -0.15) is 0 Å². The van der Waals surface area contributed by atoms with Crippen molar-refractivity contribution in [1.29, 1.82) is 0 Å². The van der Waals surface area contributed by atoms with Crippen LogP contribution < -0.4 is 20.3 Å². The third kappa shape index (κ3) is 4.20. The Morgan fingerprint density at radius 3 is 2.83 bits per heavy atom. The van der Waals surface area contributed by atoms with Gasteiger partial charge in [-0.3, -0.25) is 14.5 Å². The molecule has 9 nitrogen and oxygen atoms in total. The highest BCUT2D eigenvalue weighted by molar-refractivity contribution is 5.93. The maximum Gasteiger partial charge on any atom is 0.261 e. The zero-order valence-corrected chi connectivity index (χ0v) is 16.7.